The minimum Gasteiger partial charge on any atom is -0.475 e. The normalized spacial score (nSPS) is 21.5. The molecule has 4 bridgehead atoms. The third-order valence-electron chi connectivity index (χ3n) is 10.0. The minimum atomic E-state index is -4.10. The largest absolute Gasteiger partial charge is 0.475 e. The second kappa shape index (κ2) is 13.0. The van der Waals surface area contributed by atoms with Crippen molar-refractivity contribution in [1.29, 1.82) is 0 Å². The van der Waals surface area contributed by atoms with Crippen LogP contribution in [0, 0.1) is 25.2 Å². The van der Waals surface area contributed by atoms with Gasteiger partial charge < -0.3 is 14.5 Å². The van der Waals surface area contributed by atoms with E-state index >= 15 is 0 Å². The van der Waals surface area contributed by atoms with Crippen molar-refractivity contribution in [1.82, 2.24) is 19.8 Å². The van der Waals surface area contributed by atoms with Gasteiger partial charge in [-0.05, 0) is 113 Å². The van der Waals surface area contributed by atoms with Crippen molar-refractivity contribution in [2.75, 3.05) is 31.0 Å². The molecule has 246 valence electrons. The first-order valence-corrected chi connectivity index (χ1v) is 18.2. The van der Waals surface area contributed by atoms with Gasteiger partial charge in [-0.3, -0.25) is 4.79 Å². The third-order valence-corrected chi connectivity index (χ3v) is 11.4. The quantitative estimate of drug-likeness (QED) is 0.328. The first-order chi connectivity index (χ1) is 22.0. The Kier molecular flexibility index (Phi) is 9.13. The van der Waals surface area contributed by atoms with Gasteiger partial charge in [0.15, 0.2) is 0 Å². The van der Waals surface area contributed by atoms with E-state index in [1.54, 1.807) is 18.2 Å². The van der Waals surface area contributed by atoms with E-state index in [1.807, 2.05) is 36.9 Å². The number of piperidine rings is 1. The number of carbonyl (C=O) groups is 1. The van der Waals surface area contributed by atoms with E-state index in [9.17, 15) is 13.2 Å². The maximum absolute atomic E-state index is 14.5. The Hall–Kier alpha value is -3.50. The van der Waals surface area contributed by atoms with Crippen LogP contribution in [0.4, 0.5) is 5.95 Å². The van der Waals surface area contributed by atoms with Crippen molar-refractivity contribution in [3.8, 4) is 17.1 Å². The highest BCUT2D eigenvalue weighted by atomic mass is 32.2. The second-order valence-electron chi connectivity index (χ2n) is 14.0. The molecule has 0 unspecified atom stereocenters. The number of hydrogen-bond donors (Lipinski definition) is 1. The number of rotatable bonds is 6. The summed E-state index contributed by atoms with van der Waals surface area (Å²) in [4.78, 5) is 28.2. The number of anilines is 1. The average Bonchev–Trinajstić information content (AvgIpc) is 2.99. The maximum Gasteiger partial charge on any atom is 0.264 e. The summed E-state index contributed by atoms with van der Waals surface area (Å²) in [5.41, 5.74) is 4.12. The Labute approximate surface area is 273 Å². The highest BCUT2D eigenvalue weighted by Gasteiger charge is 2.50. The van der Waals surface area contributed by atoms with E-state index in [1.165, 1.54) is 18.6 Å². The molecule has 1 aliphatic carbocycles. The number of aryl methyl sites for hydroxylation is 2. The molecule has 2 fully saturated rings. The Balaban J connectivity index is 1.40. The van der Waals surface area contributed by atoms with Gasteiger partial charge in [-0.1, -0.05) is 45.0 Å². The Morgan fingerprint density at radius 1 is 1.02 bits per heavy atom. The number of likely N-dealkylation sites (tertiary alicyclic amines) is 1. The predicted octanol–water partition coefficient (Wildman–Crippen LogP) is 6.47. The van der Waals surface area contributed by atoms with Crippen LogP contribution in [0.2, 0.25) is 0 Å². The summed E-state index contributed by atoms with van der Waals surface area (Å²) in [6.45, 7) is 14.2. The highest BCUT2D eigenvalue weighted by Crippen LogP contribution is 2.52. The standard InChI is InChI=1S/C36H47N5O4S/c1-6-15-40-16-13-36(14-17-40)21-29(22-36)41-28(18-24(2)3)23-45-32-20-31(33-25(4)9-7-10-26(33)5)37-35(38-32)39-46(43,44)30-12-8-11-27(19-30)34(41)42/h7-12,19-20,24,28-29H,6,13-18,21-23H2,1-5H3,(H,37,38,39)/t28-/m1/s1. The number of nitrogens with zero attached hydrogens (tertiary/aromatic N) is 4. The number of hydrogen-bond acceptors (Lipinski definition) is 7. The van der Waals surface area contributed by atoms with Gasteiger partial charge >= 0.3 is 0 Å². The SMILES string of the molecule is CCCN1CCC2(CC1)CC(N1C(=O)c3cccc(c3)S(=O)(=O)Nc3nc(cc(-c4c(C)cccc4C)n3)OC[C@H]1CC(C)C)C2. The van der Waals surface area contributed by atoms with Crippen LogP contribution in [0.3, 0.4) is 0 Å². The van der Waals surface area contributed by atoms with Gasteiger partial charge in [0.2, 0.25) is 11.8 Å². The zero-order valence-electron chi connectivity index (χ0n) is 27.8. The number of fused-ring (bicyclic) bond motifs is 4. The van der Waals surface area contributed by atoms with Crippen molar-refractivity contribution < 1.29 is 17.9 Å². The van der Waals surface area contributed by atoms with Crippen molar-refractivity contribution in [3.05, 3.63) is 65.2 Å². The number of benzene rings is 2. The lowest BCUT2D eigenvalue weighted by Gasteiger charge is -2.56. The molecular weight excluding hydrogens is 598 g/mol. The van der Waals surface area contributed by atoms with Gasteiger partial charge in [0.05, 0.1) is 16.6 Å². The fourth-order valence-electron chi connectivity index (χ4n) is 7.75. The Morgan fingerprint density at radius 2 is 1.72 bits per heavy atom. The Morgan fingerprint density at radius 3 is 2.39 bits per heavy atom. The Bertz CT molecular complexity index is 1670. The molecule has 1 N–H and O–H groups in total. The molecule has 6 rings (SSSR count). The zero-order valence-corrected chi connectivity index (χ0v) is 28.6. The van der Waals surface area contributed by atoms with Crippen LogP contribution in [-0.2, 0) is 10.0 Å². The third kappa shape index (κ3) is 6.65. The molecule has 10 heteroatoms. The predicted molar refractivity (Wildman–Crippen MR) is 181 cm³/mol. The van der Waals surface area contributed by atoms with Crippen LogP contribution in [0.5, 0.6) is 5.88 Å². The first kappa shape index (κ1) is 32.4. The lowest BCUT2D eigenvalue weighted by molar-refractivity contribution is -0.0526. The van der Waals surface area contributed by atoms with Crippen molar-refractivity contribution in [2.45, 2.75) is 90.1 Å². The van der Waals surface area contributed by atoms with Gasteiger partial charge in [0, 0.05) is 23.2 Å². The van der Waals surface area contributed by atoms with E-state index in [2.05, 4.69) is 40.4 Å². The van der Waals surface area contributed by atoms with Crippen LogP contribution >= 0.6 is 0 Å². The monoisotopic (exact) mass is 645 g/mol. The van der Waals surface area contributed by atoms with Gasteiger partial charge in [0.25, 0.3) is 15.9 Å². The maximum atomic E-state index is 14.5. The van der Waals surface area contributed by atoms with Crippen molar-refractivity contribution in [2.24, 2.45) is 11.3 Å². The van der Waals surface area contributed by atoms with Crippen LogP contribution in [-0.4, -0.2) is 72.4 Å². The summed E-state index contributed by atoms with van der Waals surface area (Å²) >= 11 is 0. The van der Waals surface area contributed by atoms with E-state index in [0.717, 1.165) is 68.4 Å². The molecule has 46 heavy (non-hydrogen) atoms. The number of carbonyl (C=O) groups excluding carboxylic acids is 1. The number of sulfonamides is 1. The first-order valence-electron chi connectivity index (χ1n) is 16.7. The van der Waals surface area contributed by atoms with Crippen LogP contribution in [0.1, 0.15) is 80.8 Å². The van der Waals surface area contributed by atoms with Crippen LogP contribution in [0.25, 0.3) is 11.3 Å². The molecule has 3 aromatic rings. The summed E-state index contributed by atoms with van der Waals surface area (Å²) in [6.07, 6.45) is 6.14. The number of nitrogens with one attached hydrogen (secondary N) is 1. The number of ether oxygens (including phenoxy) is 1. The van der Waals surface area contributed by atoms with Gasteiger partial charge in [-0.25, -0.2) is 18.1 Å². The summed E-state index contributed by atoms with van der Waals surface area (Å²) in [7, 11) is -4.10. The highest BCUT2D eigenvalue weighted by molar-refractivity contribution is 7.92. The fraction of sp³-hybridized carbons (Fsp3) is 0.528. The number of aromatic nitrogens is 2. The van der Waals surface area contributed by atoms with Gasteiger partial charge in [-0.2, -0.15) is 4.98 Å². The van der Waals surface area contributed by atoms with E-state index in [-0.39, 0.29) is 46.7 Å². The van der Waals surface area contributed by atoms with Crippen molar-refractivity contribution >= 4 is 21.9 Å². The van der Waals surface area contributed by atoms with E-state index in [4.69, 9.17) is 4.74 Å². The van der Waals surface area contributed by atoms with Gasteiger partial charge in [-0.15, -0.1) is 0 Å². The molecule has 2 aliphatic heterocycles. The average molecular weight is 646 g/mol. The second-order valence-corrected chi connectivity index (χ2v) is 15.7. The molecule has 3 aliphatic rings. The minimum absolute atomic E-state index is 0.00474. The summed E-state index contributed by atoms with van der Waals surface area (Å²) in [6, 6.07) is 14.0. The van der Waals surface area contributed by atoms with Gasteiger partial charge in [0.1, 0.15) is 6.61 Å². The number of amides is 1. The molecule has 2 aromatic carbocycles. The van der Waals surface area contributed by atoms with Crippen LogP contribution < -0.4 is 9.46 Å². The van der Waals surface area contributed by atoms with E-state index in [0.29, 0.717) is 17.2 Å². The molecule has 0 radical (unpaired) electrons. The topological polar surface area (TPSA) is 105 Å². The molecule has 1 saturated heterocycles. The molecule has 1 atom stereocenters. The van der Waals surface area contributed by atoms with E-state index < -0.39 is 10.0 Å². The summed E-state index contributed by atoms with van der Waals surface area (Å²) in [5, 5.41) is 0. The lowest BCUT2D eigenvalue weighted by Crippen LogP contribution is -2.60. The van der Waals surface area contributed by atoms with Crippen LogP contribution in [0.15, 0.2) is 53.4 Å². The molecule has 1 aromatic heterocycles. The summed E-state index contributed by atoms with van der Waals surface area (Å²) in [5.74, 6) is 0.359. The van der Waals surface area contributed by atoms with Crippen molar-refractivity contribution in [3.63, 3.8) is 0 Å². The lowest BCUT2D eigenvalue weighted by atomic mass is 9.59. The zero-order chi connectivity index (χ0) is 32.6. The summed E-state index contributed by atoms with van der Waals surface area (Å²) < 4.78 is 36.3. The molecular formula is C36H47N5O4S. The fourth-order valence-corrected chi connectivity index (χ4v) is 8.73. The molecule has 1 saturated carbocycles. The molecule has 9 nitrogen and oxygen atoms in total. The molecule has 1 spiro atoms. The molecule has 3 heterocycles. The molecule has 1 amide bonds. The smallest absolute Gasteiger partial charge is 0.264 e.